The molecule has 2 aromatic rings. The number of benzene rings is 2. The molecule has 0 saturated carbocycles. The van der Waals surface area contributed by atoms with Gasteiger partial charge in [0.25, 0.3) is 5.91 Å². The van der Waals surface area contributed by atoms with Gasteiger partial charge >= 0.3 is 5.97 Å². The number of hydrogen-bond acceptors (Lipinski definition) is 5. The van der Waals surface area contributed by atoms with Gasteiger partial charge in [-0.05, 0) is 36.4 Å². The van der Waals surface area contributed by atoms with Gasteiger partial charge in [0.15, 0.2) is 24.8 Å². The molecule has 136 valence electrons. The molecule has 2 aromatic carbocycles. The van der Waals surface area contributed by atoms with E-state index in [0.717, 1.165) is 0 Å². The number of nitrogens with one attached hydrogen (secondary N) is 2. The number of hydrogen-bond donors (Lipinski definition) is 2. The number of para-hydroxylation sites is 1. The molecule has 0 atom stereocenters. The zero-order chi connectivity index (χ0) is 18.9. The molecule has 0 heterocycles. The number of rotatable bonds is 7. The lowest BCUT2D eigenvalue weighted by atomic mass is 10.2. The summed E-state index contributed by atoms with van der Waals surface area (Å²) < 4.78 is 23.1. The van der Waals surface area contributed by atoms with Crippen molar-refractivity contribution in [1.29, 1.82) is 0 Å². The second-order valence-electron chi connectivity index (χ2n) is 5.19. The van der Waals surface area contributed by atoms with Gasteiger partial charge in [-0.2, -0.15) is 0 Å². The fourth-order valence-corrected chi connectivity index (χ4v) is 1.92. The minimum absolute atomic E-state index is 0.0758. The van der Waals surface area contributed by atoms with Gasteiger partial charge in [-0.15, -0.1) is 0 Å². The van der Waals surface area contributed by atoms with Crippen LogP contribution in [-0.4, -0.2) is 31.0 Å². The minimum Gasteiger partial charge on any atom is -0.479 e. The molecule has 2 N–H and O–H groups in total. The van der Waals surface area contributed by atoms with Crippen LogP contribution in [0.15, 0.2) is 48.5 Å². The topological polar surface area (TPSA) is 93.7 Å². The summed E-state index contributed by atoms with van der Waals surface area (Å²) in [5.74, 6) is -2.22. The number of carbonyl (C=O) groups is 3. The van der Waals surface area contributed by atoms with Gasteiger partial charge < -0.3 is 20.1 Å². The van der Waals surface area contributed by atoms with Crippen molar-refractivity contribution in [3.8, 4) is 5.75 Å². The highest BCUT2D eigenvalue weighted by molar-refractivity contribution is 5.93. The van der Waals surface area contributed by atoms with Crippen molar-refractivity contribution in [2.45, 2.75) is 6.92 Å². The number of anilines is 2. The van der Waals surface area contributed by atoms with Gasteiger partial charge in [-0.3, -0.25) is 9.59 Å². The molecule has 0 bridgehead atoms. The standard InChI is InChI=1S/C18H17FN2O5/c1-12(22)20-13-6-8-14(9-7-13)21-17(23)10-26-18(24)11-25-16-5-3-2-4-15(16)19/h2-9H,10-11H2,1H3,(H,20,22)(H,21,23). The summed E-state index contributed by atoms with van der Waals surface area (Å²) in [6.07, 6.45) is 0. The zero-order valence-corrected chi connectivity index (χ0v) is 14.0. The molecule has 0 radical (unpaired) electrons. The Hall–Kier alpha value is -3.42. The van der Waals surface area contributed by atoms with Gasteiger partial charge in [0.05, 0.1) is 0 Å². The molecule has 0 unspecified atom stereocenters. The van der Waals surface area contributed by atoms with Crippen LogP contribution in [0.2, 0.25) is 0 Å². The van der Waals surface area contributed by atoms with Crippen LogP contribution in [0.4, 0.5) is 15.8 Å². The Kier molecular flexibility index (Phi) is 6.67. The Labute approximate surface area is 149 Å². The molecule has 0 saturated heterocycles. The molecule has 0 aliphatic rings. The molecule has 2 amide bonds. The van der Waals surface area contributed by atoms with Crippen molar-refractivity contribution in [2.75, 3.05) is 23.8 Å². The first kappa shape index (κ1) is 18.9. The van der Waals surface area contributed by atoms with Gasteiger partial charge in [0.2, 0.25) is 5.91 Å². The average Bonchev–Trinajstić information content (AvgIpc) is 2.60. The predicted molar refractivity (Wildman–Crippen MR) is 92.2 cm³/mol. The summed E-state index contributed by atoms with van der Waals surface area (Å²) in [5.41, 5.74) is 1.06. The van der Waals surface area contributed by atoms with Crippen LogP contribution < -0.4 is 15.4 Å². The van der Waals surface area contributed by atoms with Crippen LogP contribution in [0.1, 0.15) is 6.92 Å². The average molecular weight is 360 g/mol. The number of amides is 2. The second-order valence-corrected chi connectivity index (χ2v) is 5.19. The molecule has 0 fully saturated rings. The number of esters is 1. The maximum Gasteiger partial charge on any atom is 0.344 e. The van der Waals surface area contributed by atoms with E-state index in [2.05, 4.69) is 10.6 Å². The third-order valence-corrected chi connectivity index (χ3v) is 3.04. The summed E-state index contributed by atoms with van der Waals surface area (Å²) in [6.45, 7) is 0.368. The number of ether oxygens (including phenoxy) is 2. The summed E-state index contributed by atoms with van der Waals surface area (Å²) in [5, 5.41) is 5.13. The second kappa shape index (κ2) is 9.16. The quantitative estimate of drug-likeness (QED) is 0.739. The molecular formula is C18H17FN2O5. The Bertz CT molecular complexity index is 792. The van der Waals surface area contributed by atoms with E-state index < -0.39 is 30.9 Å². The summed E-state index contributed by atoms with van der Waals surface area (Å²) >= 11 is 0. The molecule has 0 aliphatic heterocycles. The lowest BCUT2D eigenvalue weighted by Gasteiger charge is -2.09. The van der Waals surface area contributed by atoms with E-state index in [9.17, 15) is 18.8 Å². The maximum absolute atomic E-state index is 13.3. The smallest absolute Gasteiger partial charge is 0.344 e. The molecule has 0 aliphatic carbocycles. The maximum atomic E-state index is 13.3. The van der Waals surface area contributed by atoms with Crippen LogP contribution in [-0.2, 0) is 19.1 Å². The Morgan fingerprint density at radius 3 is 2.15 bits per heavy atom. The van der Waals surface area contributed by atoms with Crippen LogP contribution in [0.25, 0.3) is 0 Å². The monoisotopic (exact) mass is 360 g/mol. The Morgan fingerprint density at radius 2 is 1.54 bits per heavy atom. The van der Waals surface area contributed by atoms with Crippen molar-refractivity contribution in [2.24, 2.45) is 0 Å². The Balaban J connectivity index is 1.73. The third-order valence-electron chi connectivity index (χ3n) is 3.04. The summed E-state index contributed by atoms with van der Waals surface area (Å²) in [6, 6.07) is 12.0. The Morgan fingerprint density at radius 1 is 0.923 bits per heavy atom. The van der Waals surface area contributed by atoms with Crippen molar-refractivity contribution >= 4 is 29.2 Å². The van der Waals surface area contributed by atoms with Gasteiger partial charge in [-0.25, -0.2) is 9.18 Å². The lowest BCUT2D eigenvalue weighted by Crippen LogP contribution is -2.23. The van der Waals surface area contributed by atoms with Gasteiger partial charge in [-0.1, -0.05) is 12.1 Å². The fraction of sp³-hybridized carbons (Fsp3) is 0.167. The molecule has 26 heavy (non-hydrogen) atoms. The van der Waals surface area contributed by atoms with Crippen LogP contribution >= 0.6 is 0 Å². The van der Waals surface area contributed by atoms with E-state index in [1.54, 1.807) is 30.3 Å². The van der Waals surface area contributed by atoms with E-state index in [1.807, 2.05) is 0 Å². The molecule has 2 rings (SSSR count). The minimum atomic E-state index is -0.801. The van der Waals surface area contributed by atoms with Crippen molar-refractivity contribution in [3.63, 3.8) is 0 Å². The van der Waals surface area contributed by atoms with E-state index in [4.69, 9.17) is 9.47 Å². The van der Waals surface area contributed by atoms with E-state index in [1.165, 1.54) is 25.1 Å². The fourth-order valence-electron chi connectivity index (χ4n) is 1.92. The van der Waals surface area contributed by atoms with Crippen LogP contribution in [0.5, 0.6) is 5.75 Å². The largest absolute Gasteiger partial charge is 0.479 e. The van der Waals surface area contributed by atoms with Crippen molar-refractivity contribution in [1.82, 2.24) is 0 Å². The zero-order valence-electron chi connectivity index (χ0n) is 14.0. The first-order valence-corrected chi connectivity index (χ1v) is 7.64. The van der Waals surface area contributed by atoms with Crippen LogP contribution in [0, 0.1) is 5.82 Å². The predicted octanol–water partition coefficient (Wildman–Crippen LogP) is 2.34. The van der Waals surface area contributed by atoms with Crippen molar-refractivity contribution in [3.05, 3.63) is 54.3 Å². The van der Waals surface area contributed by atoms with E-state index in [-0.39, 0.29) is 11.7 Å². The number of halogens is 1. The molecule has 0 spiro atoms. The molecule has 8 heteroatoms. The SMILES string of the molecule is CC(=O)Nc1ccc(NC(=O)COC(=O)COc2ccccc2F)cc1. The highest BCUT2D eigenvalue weighted by Gasteiger charge is 2.10. The summed E-state index contributed by atoms with van der Waals surface area (Å²) in [4.78, 5) is 34.2. The third kappa shape index (κ3) is 6.23. The first-order valence-electron chi connectivity index (χ1n) is 7.64. The molecule has 0 aromatic heterocycles. The van der Waals surface area contributed by atoms with Gasteiger partial charge in [0.1, 0.15) is 0 Å². The van der Waals surface area contributed by atoms with Crippen molar-refractivity contribution < 1.29 is 28.2 Å². The normalized spacial score (nSPS) is 9.92. The highest BCUT2D eigenvalue weighted by Crippen LogP contribution is 2.15. The lowest BCUT2D eigenvalue weighted by molar-refractivity contribution is -0.149. The molecular weight excluding hydrogens is 343 g/mol. The number of carbonyl (C=O) groups excluding carboxylic acids is 3. The van der Waals surface area contributed by atoms with Gasteiger partial charge in [0, 0.05) is 18.3 Å². The summed E-state index contributed by atoms with van der Waals surface area (Å²) in [7, 11) is 0. The van der Waals surface area contributed by atoms with E-state index in [0.29, 0.717) is 11.4 Å². The molecule has 7 nitrogen and oxygen atoms in total. The highest BCUT2D eigenvalue weighted by atomic mass is 19.1. The first-order chi connectivity index (χ1) is 12.4. The van der Waals surface area contributed by atoms with Crippen LogP contribution in [0.3, 0.4) is 0 Å². The van der Waals surface area contributed by atoms with E-state index >= 15 is 0 Å².